The van der Waals surface area contributed by atoms with Gasteiger partial charge in [-0.2, -0.15) is 0 Å². The van der Waals surface area contributed by atoms with Crippen LogP contribution in [0.4, 0.5) is 0 Å². The fraction of sp³-hybridized carbons (Fsp3) is 0.261. The molecular weight excluding hydrogens is 336 g/mol. The van der Waals surface area contributed by atoms with Crippen LogP contribution in [-0.4, -0.2) is 16.4 Å². The van der Waals surface area contributed by atoms with Gasteiger partial charge in [-0.05, 0) is 43.1 Å². The average Bonchev–Trinajstić information content (AvgIpc) is 2.71. The van der Waals surface area contributed by atoms with Crippen LogP contribution < -0.4 is 0 Å². The highest BCUT2D eigenvalue weighted by Crippen LogP contribution is 2.38. The monoisotopic (exact) mass is 360 g/mol. The lowest BCUT2D eigenvalue weighted by atomic mass is 9.95. The van der Waals surface area contributed by atoms with Crippen molar-refractivity contribution in [1.29, 1.82) is 0 Å². The molecule has 2 aromatic carbocycles. The topological polar surface area (TPSA) is 16.1 Å². The molecule has 3 heteroatoms. The fourth-order valence-electron chi connectivity index (χ4n) is 3.69. The van der Waals surface area contributed by atoms with Crippen molar-refractivity contribution >= 4 is 11.8 Å². The van der Waals surface area contributed by atoms with Gasteiger partial charge in [0.2, 0.25) is 0 Å². The molecule has 26 heavy (non-hydrogen) atoms. The molecule has 1 atom stereocenters. The van der Waals surface area contributed by atoms with E-state index in [4.69, 9.17) is 4.98 Å². The Morgan fingerprint density at radius 2 is 1.65 bits per heavy atom. The second kappa shape index (κ2) is 8.52. The van der Waals surface area contributed by atoms with Crippen molar-refractivity contribution in [3.05, 3.63) is 90.1 Å². The van der Waals surface area contributed by atoms with Crippen molar-refractivity contribution in [2.45, 2.75) is 41.8 Å². The van der Waals surface area contributed by atoms with Gasteiger partial charge in [-0.1, -0.05) is 72.8 Å². The molecule has 2 nitrogen and oxygen atoms in total. The quantitative estimate of drug-likeness (QED) is 0.558. The zero-order valence-corrected chi connectivity index (χ0v) is 15.7. The van der Waals surface area contributed by atoms with Crippen molar-refractivity contribution in [3.63, 3.8) is 0 Å². The van der Waals surface area contributed by atoms with Gasteiger partial charge in [-0.25, -0.2) is 4.98 Å². The first-order valence-electron chi connectivity index (χ1n) is 9.36. The Balaban J connectivity index is 1.60. The van der Waals surface area contributed by atoms with Crippen LogP contribution in [0.5, 0.6) is 0 Å². The smallest absolute Gasteiger partial charge is 0.105 e. The van der Waals surface area contributed by atoms with Crippen molar-refractivity contribution < 1.29 is 0 Å². The van der Waals surface area contributed by atoms with E-state index in [0.717, 1.165) is 18.1 Å². The van der Waals surface area contributed by atoms with Gasteiger partial charge in [0.25, 0.3) is 0 Å². The van der Waals surface area contributed by atoms with Crippen molar-refractivity contribution in [1.82, 2.24) is 9.88 Å². The van der Waals surface area contributed by atoms with Gasteiger partial charge in [-0.15, -0.1) is 0 Å². The molecule has 132 valence electrons. The first-order valence-corrected chi connectivity index (χ1v) is 10.2. The summed E-state index contributed by atoms with van der Waals surface area (Å²) >= 11 is 1.78. The van der Waals surface area contributed by atoms with Crippen molar-refractivity contribution in [2.24, 2.45) is 0 Å². The minimum atomic E-state index is 0.448. The molecule has 0 spiro atoms. The third-order valence-corrected chi connectivity index (χ3v) is 6.00. The summed E-state index contributed by atoms with van der Waals surface area (Å²) < 4.78 is 0. The standard InChI is InChI=1S/C23H24N2S/c1-3-10-19(11-4-1)18-25-17-8-7-15-22(25)21-14-9-16-24-23(21)26-20-12-5-2-6-13-20/h1-6,9-14,16,22H,7-8,15,17-18H2/t22-/m0/s1. The van der Waals surface area contributed by atoms with Crippen LogP contribution in [0.1, 0.15) is 36.4 Å². The van der Waals surface area contributed by atoms with Crippen LogP contribution in [0.3, 0.4) is 0 Å². The molecule has 2 heterocycles. The van der Waals surface area contributed by atoms with Crippen molar-refractivity contribution in [3.8, 4) is 0 Å². The summed E-state index contributed by atoms with van der Waals surface area (Å²) in [6.07, 6.45) is 5.70. The zero-order valence-electron chi connectivity index (χ0n) is 14.9. The Labute approximate surface area is 160 Å². The lowest BCUT2D eigenvalue weighted by Gasteiger charge is -2.36. The van der Waals surface area contributed by atoms with E-state index in [-0.39, 0.29) is 0 Å². The molecule has 0 unspecified atom stereocenters. The maximum absolute atomic E-state index is 4.73. The van der Waals surface area contributed by atoms with Gasteiger partial charge in [0.15, 0.2) is 0 Å². The first kappa shape index (κ1) is 17.3. The molecular formula is C23H24N2S. The lowest BCUT2D eigenvalue weighted by Crippen LogP contribution is -2.33. The van der Waals surface area contributed by atoms with Gasteiger partial charge in [-0.3, -0.25) is 4.90 Å². The van der Waals surface area contributed by atoms with E-state index >= 15 is 0 Å². The molecule has 1 saturated heterocycles. The number of likely N-dealkylation sites (tertiary alicyclic amines) is 1. The van der Waals surface area contributed by atoms with Crippen LogP contribution in [0.25, 0.3) is 0 Å². The normalized spacial score (nSPS) is 17.9. The molecule has 0 N–H and O–H groups in total. The maximum atomic E-state index is 4.73. The largest absolute Gasteiger partial charge is 0.292 e. The van der Waals surface area contributed by atoms with E-state index in [1.54, 1.807) is 11.8 Å². The molecule has 0 radical (unpaired) electrons. The van der Waals surface area contributed by atoms with Gasteiger partial charge >= 0.3 is 0 Å². The lowest BCUT2D eigenvalue weighted by molar-refractivity contribution is 0.138. The van der Waals surface area contributed by atoms with E-state index in [9.17, 15) is 0 Å². The average molecular weight is 361 g/mol. The zero-order chi connectivity index (χ0) is 17.6. The van der Waals surface area contributed by atoms with Crippen LogP contribution in [-0.2, 0) is 6.54 Å². The van der Waals surface area contributed by atoms with E-state index in [1.165, 1.54) is 35.3 Å². The summed E-state index contributed by atoms with van der Waals surface area (Å²) in [5.74, 6) is 0. The summed E-state index contributed by atoms with van der Waals surface area (Å²) in [5.41, 5.74) is 2.76. The highest BCUT2D eigenvalue weighted by molar-refractivity contribution is 7.99. The number of piperidine rings is 1. The molecule has 3 aromatic rings. The van der Waals surface area contributed by atoms with Gasteiger partial charge in [0.1, 0.15) is 5.03 Å². The fourth-order valence-corrected chi connectivity index (χ4v) is 4.64. The van der Waals surface area contributed by atoms with Gasteiger partial charge < -0.3 is 0 Å². The predicted molar refractivity (Wildman–Crippen MR) is 108 cm³/mol. The van der Waals surface area contributed by atoms with E-state index in [0.29, 0.717) is 6.04 Å². The Kier molecular flexibility index (Phi) is 5.68. The SMILES string of the molecule is c1ccc(CN2CCCC[C@H]2c2cccnc2Sc2ccccc2)cc1. The van der Waals surface area contributed by atoms with E-state index in [2.05, 4.69) is 77.7 Å². The van der Waals surface area contributed by atoms with E-state index in [1.807, 2.05) is 6.20 Å². The number of hydrogen-bond acceptors (Lipinski definition) is 3. The highest BCUT2D eigenvalue weighted by atomic mass is 32.2. The second-order valence-electron chi connectivity index (χ2n) is 6.78. The molecule has 0 saturated carbocycles. The minimum absolute atomic E-state index is 0.448. The summed E-state index contributed by atoms with van der Waals surface area (Å²) in [6, 6.07) is 26.2. The van der Waals surface area contributed by atoms with Gasteiger partial charge in [0.05, 0.1) is 0 Å². The number of pyridine rings is 1. The number of aromatic nitrogens is 1. The number of nitrogens with zero attached hydrogens (tertiary/aromatic N) is 2. The molecule has 0 bridgehead atoms. The summed E-state index contributed by atoms with van der Waals surface area (Å²) in [5, 5.41) is 1.14. The highest BCUT2D eigenvalue weighted by Gasteiger charge is 2.26. The molecule has 1 aliphatic heterocycles. The molecule has 1 aromatic heterocycles. The Morgan fingerprint density at radius 3 is 2.46 bits per heavy atom. The number of rotatable bonds is 5. The van der Waals surface area contributed by atoms with Gasteiger partial charge in [0, 0.05) is 29.2 Å². The second-order valence-corrected chi connectivity index (χ2v) is 7.84. The Bertz CT molecular complexity index is 820. The first-order chi connectivity index (χ1) is 12.9. The third kappa shape index (κ3) is 4.17. The maximum Gasteiger partial charge on any atom is 0.105 e. The van der Waals surface area contributed by atoms with Crippen LogP contribution in [0.15, 0.2) is 88.9 Å². The van der Waals surface area contributed by atoms with E-state index < -0.39 is 0 Å². The summed E-state index contributed by atoms with van der Waals surface area (Å²) in [4.78, 5) is 8.60. The third-order valence-electron chi connectivity index (χ3n) is 4.96. The molecule has 1 fully saturated rings. The van der Waals surface area contributed by atoms with Crippen molar-refractivity contribution in [2.75, 3.05) is 6.54 Å². The van der Waals surface area contributed by atoms with Crippen LogP contribution in [0, 0.1) is 0 Å². The summed E-state index contributed by atoms with van der Waals surface area (Å²) in [7, 11) is 0. The number of benzene rings is 2. The Morgan fingerprint density at radius 1 is 0.885 bits per heavy atom. The molecule has 1 aliphatic rings. The van der Waals surface area contributed by atoms with Crippen LogP contribution in [0.2, 0.25) is 0 Å². The number of hydrogen-bond donors (Lipinski definition) is 0. The predicted octanol–water partition coefficient (Wildman–Crippen LogP) is 5.96. The molecule has 4 rings (SSSR count). The minimum Gasteiger partial charge on any atom is -0.292 e. The Hall–Kier alpha value is -2.10. The summed E-state index contributed by atoms with van der Waals surface area (Å²) in [6.45, 7) is 2.17. The molecule has 0 amide bonds. The van der Waals surface area contributed by atoms with Crippen LogP contribution >= 0.6 is 11.8 Å². The molecule has 0 aliphatic carbocycles.